The van der Waals surface area contributed by atoms with Crippen LogP contribution in [0.2, 0.25) is 0 Å². The Hall–Kier alpha value is -2.62. The van der Waals surface area contributed by atoms with Crippen LogP contribution in [0.3, 0.4) is 0 Å². The van der Waals surface area contributed by atoms with E-state index in [9.17, 15) is 9.18 Å². The number of halogens is 1. The topological polar surface area (TPSA) is 74.5 Å². The molecule has 0 spiro atoms. The van der Waals surface area contributed by atoms with Gasteiger partial charge in [-0.1, -0.05) is 17.3 Å². The number of carbonyl (C=O) groups excluding carboxylic acids is 1. The van der Waals surface area contributed by atoms with Crippen molar-refractivity contribution in [2.24, 2.45) is 0 Å². The van der Waals surface area contributed by atoms with Crippen LogP contribution in [0.25, 0.3) is 10.7 Å². The summed E-state index contributed by atoms with van der Waals surface area (Å²) in [5.41, 5.74) is 0.469. The minimum Gasteiger partial charge on any atom is -0.337 e. The lowest BCUT2D eigenvalue weighted by Crippen LogP contribution is -2.53. The van der Waals surface area contributed by atoms with Crippen LogP contribution in [0.1, 0.15) is 25.8 Å². The fourth-order valence-corrected chi connectivity index (χ4v) is 4.21. The van der Waals surface area contributed by atoms with Gasteiger partial charge in [-0.15, -0.1) is 11.3 Å². The average Bonchev–Trinajstić information content (AvgIpc) is 3.44. The van der Waals surface area contributed by atoms with Gasteiger partial charge in [0.15, 0.2) is 0 Å². The van der Waals surface area contributed by atoms with Gasteiger partial charge in [0.25, 0.3) is 0 Å². The highest BCUT2D eigenvalue weighted by Gasteiger charge is 2.30. The largest absolute Gasteiger partial charge is 0.337 e. The number of amides is 1. The second-order valence-corrected chi connectivity index (χ2v) is 8.30. The summed E-state index contributed by atoms with van der Waals surface area (Å²) < 4.78 is 18.8. The second-order valence-electron chi connectivity index (χ2n) is 7.36. The van der Waals surface area contributed by atoms with E-state index < -0.39 is 0 Å². The van der Waals surface area contributed by atoms with Crippen LogP contribution in [0.4, 0.5) is 10.1 Å². The zero-order chi connectivity index (χ0) is 21.1. The number of thiophene rings is 1. The van der Waals surface area contributed by atoms with Gasteiger partial charge in [-0.05, 0) is 43.5 Å². The standard InChI is InChI=1S/C21H24FN5O2S/c1-14(20(28)23-17-6-3-5-16(22)13-17)26-8-10-27(11-9-26)15(2)21-24-19(25-29-21)18-7-4-12-30-18/h3-7,12-15H,8-11H2,1-2H3,(H,23,28). The zero-order valence-electron chi connectivity index (χ0n) is 16.9. The monoisotopic (exact) mass is 429 g/mol. The minimum absolute atomic E-state index is 0.00443. The van der Waals surface area contributed by atoms with Gasteiger partial charge in [-0.3, -0.25) is 14.6 Å². The first kappa shape index (κ1) is 20.6. The third kappa shape index (κ3) is 4.58. The molecule has 4 rings (SSSR count). The van der Waals surface area contributed by atoms with Crippen molar-refractivity contribution in [3.8, 4) is 10.7 Å². The molecule has 3 heterocycles. The van der Waals surface area contributed by atoms with Crippen molar-refractivity contribution >= 4 is 22.9 Å². The number of anilines is 1. The Kier molecular flexibility index (Phi) is 6.21. The summed E-state index contributed by atoms with van der Waals surface area (Å²) in [7, 11) is 0. The van der Waals surface area contributed by atoms with E-state index in [0.717, 1.165) is 31.1 Å². The van der Waals surface area contributed by atoms with Crippen molar-refractivity contribution < 1.29 is 13.7 Å². The SMILES string of the molecule is CC(C(=O)Nc1cccc(F)c1)N1CCN(C(C)c2nc(-c3cccs3)no2)CC1. The number of nitrogens with one attached hydrogen (secondary N) is 1. The summed E-state index contributed by atoms with van der Waals surface area (Å²) in [6, 6.07) is 9.57. The van der Waals surface area contributed by atoms with E-state index in [4.69, 9.17) is 4.52 Å². The summed E-state index contributed by atoms with van der Waals surface area (Å²) in [5.74, 6) is 0.711. The molecule has 1 N–H and O–H groups in total. The van der Waals surface area contributed by atoms with Crippen molar-refractivity contribution in [3.63, 3.8) is 0 Å². The van der Waals surface area contributed by atoms with Gasteiger partial charge in [0.05, 0.1) is 17.0 Å². The lowest BCUT2D eigenvalue weighted by atomic mass is 10.1. The van der Waals surface area contributed by atoms with Gasteiger partial charge < -0.3 is 9.84 Å². The van der Waals surface area contributed by atoms with Crippen LogP contribution >= 0.6 is 11.3 Å². The lowest BCUT2D eigenvalue weighted by Gasteiger charge is -2.39. The normalized spacial score (nSPS) is 17.6. The summed E-state index contributed by atoms with van der Waals surface area (Å²) in [5, 5.41) is 8.87. The average molecular weight is 430 g/mol. The van der Waals surface area contributed by atoms with Crippen LogP contribution in [-0.2, 0) is 4.79 Å². The van der Waals surface area contributed by atoms with Gasteiger partial charge in [0.1, 0.15) is 5.82 Å². The van der Waals surface area contributed by atoms with Gasteiger partial charge in [-0.25, -0.2) is 4.39 Å². The van der Waals surface area contributed by atoms with Crippen molar-refractivity contribution in [3.05, 3.63) is 53.5 Å². The Morgan fingerprint density at radius 3 is 2.63 bits per heavy atom. The van der Waals surface area contributed by atoms with E-state index in [-0.39, 0.29) is 23.8 Å². The molecule has 1 aliphatic heterocycles. The maximum absolute atomic E-state index is 13.3. The van der Waals surface area contributed by atoms with Crippen molar-refractivity contribution in [1.82, 2.24) is 19.9 Å². The van der Waals surface area contributed by atoms with E-state index >= 15 is 0 Å². The molecule has 1 saturated heterocycles. The van der Waals surface area contributed by atoms with Gasteiger partial charge in [0, 0.05) is 31.9 Å². The second kappa shape index (κ2) is 9.03. The summed E-state index contributed by atoms with van der Waals surface area (Å²) >= 11 is 1.58. The lowest BCUT2D eigenvalue weighted by molar-refractivity contribution is -0.121. The Balaban J connectivity index is 1.31. The van der Waals surface area contributed by atoms with Crippen molar-refractivity contribution in [1.29, 1.82) is 0 Å². The Morgan fingerprint density at radius 2 is 1.93 bits per heavy atom. The molecule has 7 nitrogen and oxygen atoms in total. The Bertz CT molecular complexity index is 985. The third-order valence-corrected chi connectivity index (χ3v) is 6.32. The van der Waals surface area contributed by atoms with Gasteiger partial charge in [0.2, 0.25) is 17.6 Å². The van der Waals surface area contributed by atoms with E-state index in [2.05, 4.69) is 32.2 Å². The molecular formula is C21H24FN5O2S. The molecule has 0 saturated carbocycles. The van der Waals surface area contributed by atoms with Crippen LogP contribution < -0.4 is 5.32 Å². The molecule has 1 aromatic carbocycles. The molecule has 1 amide bonds. The maximum Gasteiger partial charge on any atom is 0.244 e. The quantitative estimate of drug-likeness (QED) is 0.645. The highest BCUT2D eigenvalue weighted by Crippen LogP contribution is 2.26. The molecule has 3 aromatic rings. The third-order valence-electron chi connectivity index (χ3n) is 5.46. The number of carbonyl (C=O) groups is 1. The van der Waals surface area contributed by atoms with Gasteiger partial charge >= 0.3 is 0 Å². The fraction of sp³-hybridized carbons (Fsp3) is 0.381. The highest BCUT2D eigenvalue weighted by molar-refractivity contribution is 7.13. The number of benzene rings is 1. The number of piperazine rings is 1. The van der Waals surface area contributed by atoms with Gasteiger partial charge in [-0.2, -0.15) is 4.98 Å². The highest BCUT2D eigenvalue weighted by atomic mass is 32.1. The first-order chi connectivity index (χ1) is 14.5. The number of hydrogen-bond acceptors (Lipinski definition) is 7. The summed E-state index contributed by atoms with van der Waals surface area (Å²) in [6.07, 6.45) is 0. The van der Waals surface area contributed by atoms with Crippen LogP contribution in [0.15, 0.2) is 46.3 Å². The molecule has 2 atom stereocenters. The molecule has 0 radical (unpaired) electrons. The molecule has 0 aliphatic carbocycles. The van der Waals surface area contributed by atoms with Crippen molar-refractivity contribution in [2.75, 3.05) is 31.5 Å². The smallest absolute Gasteiger partial charge is 0.244 e. The predicted molar refractivity (Wildman–Crippen MR) is 114 cm³/mol. The predicted octanol–water partition coefficient (Wildman–Crippen LogP) is 3.64. The Morgan fingerprint density at radius 1 is 1.17 bits per heavy atom. The zero-order valence-corrected chi connectivity index (χ0v) is 17.7. The fourth-order valence-electron chi connectivity index (χ4n) is 3.56. The Labute approximate surface area is 178 Å². The summed E-state index contributed by atoms with van der Waals surface area (Å²) in [6.45, 7) is 6.99. The molecule has 9 heteroatoms. The molecule has 2 aromatic heterocycles. The number of nitrogens with zero attached hydrogens (tertiary/aromatic N) is 4. The maximum atomic E-state index is 13.3. The molecule has 2 unspecified atom stereocenters. The van der Waals surface area contributed by atoms with Crippen LogP contribution in [-0.4, -0.2) is 58.1 Å². The number of rotatable bonds is 6. The molecule has 1 fully saturated rings. The first-order valence-electron chi connectivity index (χ1n) is 9.93. The molecule has 0 bridgehead atoms. The number of hydrogen-bond donors (Lipinski definition) is 1. The molecule has 1 aliphatic rings. The molecule has 158 valence electrons. The minimum atomic E-state index is -0.369. The van der Waals surface area contributed by atoms with E-state index in [1.54, 1.807) is 23.5 Å². The van der Waals surface area contributed by atoms with Crippen LogP contribution in [0.5, 0.6) is 0 Å². The van der Waals surface area contributed by atoms with Crippen LogP contribution in [0, 0.1) is 5.82 Å². The first-order valence-corrected chi connectivity index (χ1v) is 10.8. The van der Waals surface area contributed by atoms with E-state index in [1.165, 1.54) is 12.1 Å². The molecule has 30 heavy (non-hydrogen) atoms. The number of aromatic nitrogens is 2. The van der Waals surface area contributed by atoms with E-state index in [0.29, 0.717) is 17.4 Å². The summed E-state index contributed by atoms with van der Waals surface area (Å²) in [4.78, 5) is 22.5. The molecular weight excluding hydrogens is 405 g/mol. The van der Waals surface area contributed by atoms with E-state index in [1.807, 2.05) is 24.4 Å². The van der Waals surface area contributed by atoms with Crippen molar-refractivity contribution in [2.45, 2.75) is 25.9 Å².